The van der Waals surface area contributed by atoms with Crippen molar-refractivity contribution in [2.75, 3.05) is 11.9 Å². The summed E-state index contributed by atoms with van der Waals surface area (Å²) in [6.45, 7) is 6.00. The molecule has 1 aromatic carbocycles. The minimum atomic E-state index is -0.468. The molecule has 0 amide bonds. The van der Waals surface area contributed by atoms with E-state index in [1.54, 1.807) is 18.5 Å². The highest BCUT2D eigenvalue weighted by atomic mass is 16.6. The van der Waals surface area contributed by atoms with E-state index in [9.17, 15) is 9.59 Å². The molecule has 4 aromatic rings. The summed E-state index contributed by atoms with van der Waals surface area (Å²) in [7, 11) is 0. The molecular weight excluding hydrogens is 472 g/mol. The Labute approximate surface area is 214 Å². The second-order valence-corrected chi connectivity index (χ2v) is 9.87. The zero-order chi connectivity index (χ0) is 26.4. The van der Waals surface area contributed by atoms with Gasteiger partial charge in [0.2, 0.25) is 0 Å². The lowest BCUT2D eigenvalue weighted by Gasteiger charge is -2.29. The summed E-state index contributed by atoms with van der Waals surface area (Å²) in [5.74, 6) is 0.468. The van der Waals surface area contributed by atoms with E-state index in [4.69, 9.17) is 14.7 Å². The second kappa shape index (κ2) is 11.2. The normalized spacial score (nSPS) is 17.5. The summed E-state index contributed by atoms with van der Waals surface area (Å²) in [5.41, 5.74) is 1.75. The van der Waals surface area contributed by atoms with Crippen molar-refractivity contribution >= 4 is 39.3 Å². The molecule has 2 atom stereocenters. The first-order valence-corrected chi connectivity index (χ1v) is 12.1. The van der Waals surface area contributed by atoms with Gasteiger partial charge in [0.05, 0.1) is 35.6 Å². The Morgan fingerprint density at radius 1 is 1.27 bits per heavy atom. The minimum absolute atomic E-state index is 0.183. The summed E-state index contributed by atoms with van der Waals surface area (Å²) < 4.78 is 10.7. The van der Waals surface area contributed by atoms with E-state index in [1.165, 1.54) is 0 Å². The molecule has 0 bridgehead atoms. The molecule has 3 N–H and O–H groups in total. The van der Waals surface area contributed by atoms with Gasteiger partial charge in [-0.25, -0.2) is 4.79 Å². The van der Waals surface area contributed by atoms with Gasteiger partial charge in [0.1, 0.15) is 11.0 Å². The van der Waals surface area contributed by atoms with Crippen molar-refractivity contribution in [3.05, 3.63) is 59.1 Å². The monoisotopic (exact) mass is 502 g/mol. The highest BCUT2D eigenvalue weighted by Gasteiger charge is 2.30. The van der Waals surface area contributed by atoms with E-state index < -0.39 is 11.7 Å². The van der Waals surface area contributed by atoms with Crippen LogP contribution in [0.4, 0.5) is 11.5 Å². The maximum absolute atomic E-state index is 11.9. The number of carbonyl (C=O) groups excluding carboxylic acids is 1. The van der Waals surface area contributed by atoms with Gasteiger partial charge in [0.15, 0.2) is 11.9 Å². The van der Waals surface area contributed by atoms with Crippen LogP contribution >= 0.6 is 0 Å². The fourth-order valence-electron chi connectivity index (χ4n) is 3.99. The maximum atomic E-state index is 11.9. The molecule has 0 radical (unpaired) electrons. The van der Waals surface area contributed by atoms with Crippen LogP contribution in [0, 0.1) is 17.2 Å². The van der Waals surface area contributed by atoms with E-state index in [2.05, 4.69) is 31.6 Å². The van der Waals surface area contributed by atoms with Gasteiger partial charge in [0, 0.05) is 18.0 Å². The number of H-pyrrole nitrogens is 2. The lowest BCUT2D eigenvalue weighted by Crippen LogP contribution is -2.37. The fourth-order valence-corrected chi connectivity index (χ4v) is 3.99. The van der Waals surface area contributed by atoms with E-state index in [0.717, 1.165) is 23.0 Å². The Kier molecular flexibility index (Phi) is 7.84. The number of anilines is 2. The predicted octanol–water partition coefficient (Wildman–Crippen LogP) is 4.58. The molecule has 2 unspecified atom stereocenters. The van der Waals surface area contributed by atoms with Gasteiger partial charge in [-0.05, 0) is 57.7 Å². The molecular formula is C27H30N6O4. The van der Waals surface area contributed by atoms with Crippen LogP contribution in [0.25, 0.3) is 21.8 Å². The van der Waals surface area contributed by atoms with Crippen molar-refractivity contribution < 1.29 is 14.3 Å². The smallest absolute Gasteiger partial charge is 0.335 e. The number of esters is 1. The Hall–Kier alpha value is -4.23. The molecule has 0 aliphatic carbocycles. The van der Waals surface area contributed by atoms with Crippen LogP contribution in [-0.4, -0.2) is 44.4 Å². The van der Waals surface area contributed by atoms with Crippen LogP contribution in [0.5, 0.6) is 0 Å². The molecule has 37 heavy (non-hydrogen) atoms. The quantitative estimate of drug-likeness (QED) is 0.344. The molecule has 1 aliphatic rings. The first-order valence-electron chi connectivity index (χ1n) is 12.1. The van der Waals surface area contributed by atoms with Crippen LogP contribution in [0.1, 0.15) is 40.0 Å². The van der Waals surface area contributed by atoms with Crippen LogP contribution in [0.2, 0.25) is 0 Å². The number of hydrogen-bond donors (Lipinski definition) is 3. The highest BCUT2D eigenvalue weighted by molar-refractivity contribution is 5.91. The number of hydrogen-bond acceptors (Lipinski definition) is 8. The largest absolute Gasteiger partial charge is 0.458 e. The number of benzene rings is 1. The third-order valence-corrected chi connectivity index (χ3v) is 5.76. The van der Waals surface area contributed by atoms with Crippen LogP contribution in [0.15, 0.2) is 53.6 Å². The molecule has 192 valence electrons. The average Bonchev–Trinajstić information content (AvgIpc) is 3.28. The molecule has 3 aromatic heterocycles. The topological polar surface area (TPSA) is 146 Å². The molecule has 10 heteroatoms. The molecule has 5 rings (SSSR count). The molecule has 0 spiro atoms. The summed E-state index contributed by atoms with van der Waals surface area (Å²) in [6.07, 6.45) is 4.87. The summed E-state index contributed by atoms with van der Waals surface area (Å²) >= 11 is 0. The van der Waals surface area contributed by atoms with Gasteiger partial charge in [-0.2, -0.15) is 10.4 Å². The molecule has 0 saturated carbocycles. The fraction of sp³-hybridized carbons (Fsp3) is 0.370. The summed E-state index contributed by atoms with van der Waals surface area (Å²) in [4.78, 5) is 30.6. The summed E-state index contributed by atoms with van der Waals surface area (Å²) in [6, 6.07) is 13.7. The van der Waals surface area contributed by atoms with E-state index >= 15 is 0 Å². The van der Waals surface area contributed by atoms with Crippen molar-refractivity contribution in [1.29, 1.82) is 5.26 Å². The molecule has 10 nitrogen and oxygen atoms in total. The first-order chi connectivity index (χ1) is 17.7. The second-order valence-electron chi connectivity index (χ2n) is 9.87. The molecule has 4 heterocycles. The SMILES string of the molecule is CC(C)(C)OC(=O)C1CCC(CC#N)CO1.O=c1[nH]ccc2[nH]nc(Nc3cnc4ccccc4c3)c12. The number of nitrogens with one attached hydrogen (secondary N) is 3. The lowest BCUT2D eigenvalue weighted by atomic mass is 9.96. The Bertz CT molecular complexity index is 1470. The van der Waals surface area contributed by atoms with Crippen molar-refractivity contribution in [1.82, 2.24) is 20.2 Å². The number of nitriles is 1. The van der Waals surface area contributed by atoms with Crippen LogP contribution < -0.4 is 10.9 Å². The number of ether oxygens (including phenoxy) is 2. The third-order valence-electron chi connectivity index (χ3n) is 5.76. The highest BCUT2D eigenvalue weighted by Crippen LogP contribution is 2.24. The number of carbonyl (C=O) groups is 1. The molecule has 1 saturated heterocycles. The van der Waals surface area contributed by atoms with Crippen molar-refractivity contribution in [2.45, 2.75) is 51.7 Å². The van der Waals surface area contributed by atoms with Gasteiger partial charge in [-0.3, -0.25) is 14.9 Å². The third kappa shape index (κ3) is 6.71. The number of aromatic amines is 2. The Morgan fingerprint density at radius 2 is 2.08 bits per heavy atom. The Morgan fingerprint density at radius 3 is 2.81 bits per heavy atom. The van der Waals surface area contributed by atoms with E-state index in [0.29, 0.717) is 36.2 Å². The zero-order valence-electron chi connectivity index (χ0n) is 21.1. The maximum Gasteiger partial charge on any atom is 0.335 e. The van der Waals surface area contributed by atoms with Gasteiger partial charge >= 0.3 is 5.97 Å². The molecule has 1 aliphatic heterocycles. The summed E-state index contributed by atoms with van der Waals surface area (Å²) in [5, 5.41) is 20.2. The van der Waals surface area contributed by atoms with Gasteiger partial charge < -0.3 is 19.8 Å². The van der Waals surface area contributed by atoms with E-state index in [-0.39, 0.29) is 17.4 Å². The number of pyridine rings is 2. The van der Waals surface area contributed by atoms with Gasteiger partial charge in [-0.15, -0.1) is 0 Å². The number of nitrogens with zero attached hydrogens (tertiary/aromatic N) is 3. The van der Waals surface area contributed by atoms with Gasteiger partial charge in [0.25, 0.3) is 5.56 Å². The number of rotatable bonds is 4. The average molecular weight is 503 g/mol. The number of aromatic nitrogens is 4. The predicted molar refractivity (Wildman–Crippen MR) is 140 cm³/mol. The van der Waals surface area contributed by atoms with Crippen molar-refractivity contribution in [3.63, 3.8) is 0 Å². The standard InChI is InChI=1S/C15H11N5O.C12H19NO3/c21-15-13-12(5-6-16-15)19-20-14(13)18-10-7-9-3-1-2-4-11(9)17-8-10;1-12(2,3)16-11(14)10-5-4-9(6-7-13)8-15-10/h1-8H,(H,16,21)(H2,18,19,20);9-10H,4-6,8H2,1-3H3. The lowest BCUT2D eigenvalue weighted by molar-refractivity contribution is -0.173. The minimum Gasteiger partial charge on any atom is -0.458 e. The van der Waals surface area contributed by atoms with Crippen LogP contribution in [0.3, 0.4) is 0 Å². The van der Waals surface area contributed by atoms with Gasteiger partial charge in [-0.1, -0.05) is 18.2 Å². The number of fused-ring (bicyclic) bond motifs is 2. The van der Waals surface area contributed by atoms with Crippen LogP contribution in [-0.2, 0) is 14.3 Å². The zero-order valence-corrected chi connectivity index (χ0v) is 21.1. The Balaban J connectivity index is 0.000000181. The van der Waals surface area contributed by atoms with Crippen molar-refractivity contribution in [3.8, 4) is 6.07 Å². The number of para-hydroxylation sites is 1. The molecule has 1 fully saturated rings. The van der Waals surface area contributed by atoms with Crippen molar-refractivity contribution in [2.24, 2.45) is 5.92 Å². The first kappa shape index (κ1) is 25.9. The van der Waals surface area contributed by atoms with E-state index in [1.807, 2.05) is 51.1 Å².